The summed E-state index contributed by atoms with van der Waals surface area (Å²) in [4.78, 5) is 0. The zero-order valence-electron chi connectivity index (χ0n) is 6.34. The van der Waals surface area contributed by atoms with Crippen molar-refractivity contribution in [2.24, 2.45) is 0 Å². The molecule has 0 spiro atoms. The summed E-state index contributed by atoms with van der Waals surface area (Å²) >= 11 is 0. The summed E-state index contributed by atoms with van der Waals surface area (Å²) in [6.45, 7) is 3.11. The van der Waals surface area contributed by atoms with Gasteiger partial charge in [0.1, 0.15) is 0 Å². The highest BCUT2D eigenvalue weighted by Gasteiger charge is 2.14. The molecule has 2 rings (SSSR count). The van der Waals surface area contributed by atoms with Crippen LogP contribution >= 0.6 is 0 Å². The summed E-state index contributed by atoms with van der Waals surface area (Å²) in [5.41, 5.74) is 1.22. The van der Waals surface area contributed by atoms with Gasteiger partial charge in [-0.15, -0.1) is 0 Å². The molecule has 11 heavy (non-hydrogen) atoms. The predicted octanol–water partition coefficient (Wildman–Crippen LogP) is 0.341. The molecular formula is C8H12N2O. The lowest BCUT2D eigenvalue weighted by Crippen LogP contribution is -2.54. The molecule has 0 atom stereocenters. The monoisotopic (exact) mass is 152 g/mol. The van der Waals surface area contributed by atoms with Gasteiger partial charge in [-0.25, -0.2) is 0 Å². The number of nitrogens with one attached hydrogen (secondary N) is 2. The first kappa shape index (κ1) is 6.88. The lowest BCUT2D eigenvalue weighted by molar-refractivity contribution is 0.365. The number of hydrogen-bond donors (Lipinski definition) is 2. The van der Waals surface area contributed by atoms with E-state index in [4.69, 9.17) is 4.42 Å². The van der Waals surface area contributed by atoms with Gasteiger partial charge in [-0.1, -0.05) is 0 Å². The molecule has 0 aliphatic carbocycles. The fraction of sp³-hybridized carbons (Fsp3) is 0.500. The van der Waals surface area contributed by atoms with Gasteiger partial charge in [0, 0.05) is 31.2 Å². The zero-order valence-corrected chi connectivity index (χ0v) is 6.34. The minimum absolute atomic E-state index is 0.657. The molecule has 1 saturated heterocycles. The molecule has 60 valence electrons. The van der Waals surface area contributed by atoms with Gasteiger partial charge in [-0.2, -0.15) is 0 Å². The third-order valence-electron chi connectivity index (χ3n) is 1.96. The molecule has 2 N–H and O–H groups in total. The van der Waals surface area contributed by atoms with Crippen molar-refractivity contribution in [2.75, 3.05) is 13.1 Å². The van der Waals surface area contributed by atoms with Crippen LogP contribution in [0.1, 0.15) is 5.56 Å². The maximum absolute atomic E-state index is 4.94. The molecule has 1 fully saturated rings. The van der Waals surface area contributed by atoms with Gasteiger partial charge in [0.05, 0.1) is 12.5 Å². The van der Waals surface area contributed by atoms with Crippen LogP contribution in [0.5, 0.6) is 0 Å². The molecule has 1 aromatic rings. The summed E-state index contributed by atoms with van der Waals surface area (Å²) in [5.74, 6) is 0. The first-order chi connectivity index (χ1) is 5.45. The maximum Gasteiger partial charge on any atom is 0.0947 e. The SMILES string of the molecule is c1cc(CNC2CNC2)co1. The van der Waals surface area contributed by atoms with Gasteiger partial charge in [0.15, 0.2) is 0 Å². The quantitative estimate of drug-likeness (QED) is 0.656. The smallest absolute Gasteiger partial charge is 0.0947 e. The van der Waals surface area contributed by atoms with Crippen LogP contribution in [0.4, 0.5) is 0 Å². The standard InChI is InChI=1S/C8H12N2O/c1-2-11-6-7(1)3-10-8-4-9-5-8/h1-2,6,8-10H,3-5H2. The molecule has 0 radical (unpaired) electrons. The molecule has 1 aromatic heterocycles. The fourth-order valence-electron chi connectivity index (χ4n) is 1.09. The average Bonchev–Trinajstić information content (AvgIpc) is 2.36. The molecule has 1 aliphatic heterocycles. The Morgan fingerprint density at radius 1 is 1.64 bits per heavy atom. The Balaban J connectivity index is 1.74. The van der Waals surface area contributed by atoms with E-state index in [2.05, 4.69) is 10.6 Å². The fourth-order valence-corrected chi connectivity index (χ4v) is 1.09. The maximum atomic E-state index is 4.94. The lowest BCUT2D eigenvalue weighted by atomic mass is 10.2. The molecule has 2 heterocycles. The Hall–Kier alpha value is -0.800. The number of rotatable bonds is 3. The summed E-state index contributed by atoms with van der Waals surface area (Å²) in [6.07, 6.45) is 3.48. The van der Waals surface area contributed by atoms with E-state index in [-0.39, 0.29) is 0 Å². The first-order valence-corrected chi connectivity index (χ1v) is 3.90. The van der Waals surface area contributed by atoms with Crippen molar-refractivity contribution in [2.45, 2.75) is 12.6 Å². The van der Waals surface area contributed by atoms with Crippen molar-refractivity contribution in [1.29, 1.82) is 0 Å². The van der Waals surface area contributed by atoms with Crippen LogP contribution < -0.4 is 10.6 Å². The number of hydrogen-bond acceptors (Lipinski definition) is 3. The second-order valence-corrected chi connectivity index (χ2v) is 2.87. The second-order valence-electron chi connectivity index (χ2n) is 2.87. The summed E-state index contributed by atoms with van der Waals surface area (Å²) < 4.78 is 4.94. The molecule has 3 nitrogen and oxygen atoms in total. The molecule has 0 saturated carbocycles. The Kier molecular flexibility index (Phi) is 1.92. The summed E-state index contributed by atoms with van der Waals surface area (Å²) in [6, 6.07) is 2.64. The van der Waals surface area contributed by atoms with Gasteiger partial charge in [-0.05, 0) is 6.07 Å². The zero-order chi connectivity index (χ0) is 7.52. The average molecular weight is 152 g/mol. The lowest BCUT2D eigenvalue weighted by Gasteiger charge is -2.27. The van der Waals surface area contributed by atoms with E-state index in [1.54, 1.807) is 12.5 Å². The third kappa shape index (κ3) is 1.61. The Labute approximate surface area is 65.8 Å². The van der Waals surface area contributed by atoms with Crippen LogP contribution in [-0.2, 0) is 6.54 Å². The largest absolute Gasteiger partial charge is 0.472 e. The van der Waals surface area contributed by atoms with E-state index >= 15 is 0 Å². The van der Waals surface area contributed by atoms with Gasteiger partial charge in [0.2, 0.25) is 0 Å². The van der Waals surface area contributed by atoms with Gasteiger partial charge in [-0.3, -0.25) is 0 Å². The Bertz CT molecular complexity index is 204. The minimum Gasteiger partial charge on any atom is -0.472 e. The topological polar surface area (TPSA) is 37.2 Å². The highest BCUT2D eigenvalue weighted by atomic mass is 16.3. The van der Waals surface area contributed by atoms with Gasteiger partial charge < -0.3 is 15.1 Å². The molecule has 0 bridgehead atoms. The molecule has 3 heteroatoms. The first-order valence-electron chi connectivity index (χ1n) is 3.90. The Morgan fingerprint density at radius 3 is 3.09 bits per heavy atom. The molecule has 1 aliphatic rings. The molecule has 0 unspecified atom stereocenters. The predicted molar refractivity (Wildman–Crippen MR) is 42.2 cm³/mol. The van der Waals surface area contributed by atoms with E-state index in [1.807, 2.05) is 6.07 Å². The molecular weight excluding hydrogens is 140 g/mol. The third-order valence-corrected chi connectivity index (χ3v) is 1.96. The summed E-state index contributed by atoms with van der Waals surface area (Å²) in [7, 11) is 0. The Morgan fingerprint density at radius 2 is 2.55 bits per heavy atom. The van der Waals surface area contributed by atoms with Crippen LogP contribution in [0.15, 0.2) is 23.0 Å². The van der Waals surface area contributed by atoms with Gasteiger partial charge >= 0.3 is 0 Å². The van der Waals surface area contributed by atoms with E-state index in [1.165, 1.54) is 5.56 Å². The van der Waals surface area contributed by atoms with E-state index in [0.717, 1.165) is 19.6 Å². The normalized spacial score (nSPS) is 18.2. The summed E-state index contributed by atoms with van der Waals surface area (Å²) in [5, 5.41) is 6.60. The van der Waals surface area contributed by atoms with E-state index < -0.39 is 0 Å². The molecule has 0 amide bonds. The van der Waals surface area contributed by atoms with Crippen LogP contribution in [-0.4, -0.2) is 19.1 Å². The minimum atomic E-state index is 0.657. The van der Waals surface area contributed by atoms with Crippen LogP contribution in [0, 0.1) is 0 Å². The van der Waals surface area contributed by atoms with Crippen LogP contribution in [0.25, 0.3) is 0 Å². The van der Waals surface area contributed by atoms with Crippen LogP contribution in [0.3, 0.4) is 0 Å². The molecule has 0 aromatic carbocycles. The second kappa shape index (κ2) is 3.07. The number of furan rings is 1. The highest BCUT2D eigenvalue weighted by molar-refractivity contribution is 5.05. The van der Waals surface area contributed by atoms with Crippen molar-refractivity contribution in [3.63, 3.8) is 0 Å². The van der Waals surface area contributed by atoms with Crippen molar-refractivity contribution < 1.29 is 4.42 Å². The van der Waals surface area contributed by atoms with Crippen molar-refractivity contribution in [3.8, 4) is 0 Å². The van der Waals surface area contributed by atoms with Crippen molar-refractivity contribution >= 4 is 0 Å². The van der Waals surface area contributed by atoms with E-state index in [0.29, 0.717) is 6.04 Å². The highest BCUT2D eigenvalue weighted by Crippen LogP contribution is 2.00. The van der Waals surface area contributed by atoms with Crippen LogP contribution in [0.2, 0.25) is 0 Å². The van der Waals surface area contributed by atoms with Gasteiger partial charge in [0.25, 0.3) is 0 Å². The van der Waals surface area contributed by atoms with Crippen molar-refractivity contribution in [3.05, 3.63) is 24.2 Å². The van der Waals surface area contributed by atoms with Crippen molar-refractivity contribution in [1.82, 2.24) is 10.6 Å². The van der Waals surface area contributed by atoms with E-state index in [9.17, 15) is 0 Å².